The van der Waals surface area contributed by atoms with Gasteiger partial charge in [0.05, 0.1) is 11.9 Å². The van der Waals surface area contributed by atoms with Gasteiger partial charge in [-0.1, -0.05) is 26.1 Å². The van der Waals surface area contributed by atoms with Crippen LogP contribution in [0.4, 0.5) is 5.69 Å². The molecule has 0 aliphatic heterocycles. The number of thiocarbonyl (C=S) groups is 1. The van der Waals surface area contributed by atoms with Crippen molar-refractivity contribution in [2.45, 2.75) is 20.3 Å². The van der Waals surface area contributed by atoms with Crippen LogP contribution in [-0.4, -0.2) is 23.6 Å². The van der Waals surface area contributed by atoms with Gasteiger partial charge in [-0.25, -0.2) is 0 Å². The number of nitrogens with two attached hydrogens (primary N) is 1. The first-order valence-electron chi connectivity index (χ1n) is 5.47. The van der Waals surface area contributed by atoms with Crippen molar-refractivity contribution >= 4 is 22.9 Å². The second-order valence-corrected chi connectivity index (χ2v) is 4.80. The number of anilines is 1. The number of hydrogen-bond acceptors (Lipinski definition) is 3. The van der Waals surface area contributed by atoms with Crippen LogP contribution in [-0.2, 0) is 0 Å². The van der Waals surface area contributed by atoms with E-state index in [9.17, 15) is 0 Å². The molecular formula is C12H19N3S. The lowest BCUT2D eigenvalue weighted by Gasteiger charge is -2.22. The van der Waals surface area contributed by atoms with Crippen molar-refractivity contribution in [1.29, 1.82) is 0 Å². The SMILES string of the molecule is CC(C)CCN(C)c1cnccc1C(N)=S. The Morgan fingerprint density at radius 1 is 1.56 bits per heavy atom. The zero-order valence-electron chi connectivity index (χ0n) is 10.1. The number of pyridine rings is 1. The fraction of sp³-hybridized carbons (Fsp3) is 0.500. The Morgan fingerprint density at radius 2 is 2.25 bits per heavy atom. The molecule has 0 aliphatic rings. The third-order valence-electron chi connectivity index (χ3n) is 2.52. The second-order valence-electron chi connectivity index (χ2n) is 4.36. The molecule has 1 aromatic rings. The monoisotopic (exact) mass is 237 g/mol. The van der Waals surface area contributed by atoms with E-state index in [1.807, 2.05) is 19.3 Å². The van der Waals surface area contributed by atoms with Gasteiger partial charge in [0.15, 0.2) is 0 Å². The third kappa shape index (κ3) is 3.45. The van der Waals surface area contributed by atoms with Gasteiger partial charge in [0, 0.05) is 25.4 Å². The summed E-state index contributed by atoms with van der Waals surface area (Å²) in [6.07, 6.45) is 4.67. The van der Waals surface area contributed by atoms with Gasteiger partial charge in [-0.05, 0) is 18.4 Å². The molecule has 88 valence electrons. The Bertz CT molecular complexity index is 363. The molecule has 1 rings (SSSR count). The lowest BCUT2D eigenvalue weighted by molar-refractivity contribution is 0.585. The van der Waals surface area contributed by atoms with Gasteiger partial charge in [0.25, 0.3) is 0 Å². The van der Waals surface area contributed by atoms with Crippen molar-refractivity contribution in [3.63, 3.8) is 0 Å². The predicted octanol–water partition coefficient (Wildman–Crippen LogP) is 2.20. The topological polar surface area (TPSA) is 42.2 Å². The number of aromatic nitrogens is 1. The summed E-state index contributed by atoms with van der Waals surface area (Å²) >= 11 is 5.03. The summed E-state index contributed by atoms with van der Waals surface area (Å²) in [5, 5.41) is 0. The predicted molar refractivity (Wildman–Crippen MR) is 72.8 cm³/mol. The molecule has 1 aromatic heterocycles. The molecule has 16 heavy (non-hydrogen) atoms. The van der Waals surface area contributed by atoms with E-state index in [1.165, 1.54) is 0 Å². The van der Waals surface area contributed by atoms with Gasteiger partial charge >= 0.3 is 0 Å². The Balaban J connectivity index is 2.82. The molecule has 0 bridgehead atoms. The summed E-state index contributed by atoms with van der Waals surface area (Å²) in [5.74, 6) is 0.687. The van der Waals surface area contributed by atoms with Crippen molar-refractivity contribution in [3.05, 3.63) is 24.0 Å². The summed E-state index contributed by atoms with van der Waals surface area (Å²) in [7, 11) is 2.04. The largest absolute Gasteiger partial charge is 0.389 e. The van der Waals surface area contributed by atoms with Crippen LogP contribution in [0.5, 0.6) is 0 Å². The number of hydrogen-bond donors (Lipinski definition) is 1. The lowest BCUT2D eigenvalue weighted by atomic mass is 10.1. The van der Waals surface area contributed by atoms with E-state index in [2.05, 4.69) is 23.7 Å². The molecule has 0 atom stereocenters. The van der Waals surface area contributed by atoms with Crippen LogP contribution in [0.1, 0.15) is 25.8 Å². The zero-order chi connectivity index (χ0) is 12.1. The van der Waals surface area contributed by atoms with Gasteiger partial charge in [0.2, 0.25) is 0 Å². The normalized spacial score (nSPS) is 10.5. The van der Waals surface area contributed by atoms with E-state index in [-0.39, 0.29) is 0 Å². The van der Waals surface area contributed by atoms with Gasteiger partial charge in [-0.2, -0.15) is 0 Å². The van der Waals surface area contributed by atoms with Gasteiger partial charge in [-0.3, -0.25) is 4.98 Å². The Labute approximate surface area is 103 Å². The molecule has 0 amide bonds. The maximum Gasteiger partial charge on any atom is 0.106 e. The van der Waals surface area contributed by atoms with Gasteiger partial charge in [0.1, 0.15) is 4.99 Å². The van der Waals surface area contributed by atoms with E-state index in [1.54, 1.807) is 6.20 Å². The molecule has 2 N–H and O–H groups in total. The van der Waals surface area contributed by atoms with Crippen LogP contribution < -0.4 is 10.6 Å². The first kappa shape index (κ1) is 12.9. The standard InChI is InChI=1S/C12H19N3S/c1-9(2)5-7-15(3)11-8-14-6-4-10(11)12(13)16/h4,6,8-9H,5,7H2,1-3H3,(H2,13,16). The summed E-state index contributed by atoms with van der Waals surface area (Å²) in [6.45, 7) is 5.41. The highest BCUT2D eigenvalue weighted by molar-refractivity contribution is 7.80. The quantitative estimate of drug-likeness (QED) is 0.797. The van der Waals surface area contributed by atoms with E-state index in [4.69, 9.17) is 18.0 Å². The summed E-state index contributed by atoms with van der Waals surface area (Å²) in [4.78, 5) is 6.70. The lowest BCUT2D eigenvalue weighted by Crippen LogP contribution is -2.24. The number of nitrogens with zero attached hydrogens (tertiary/aromatic N) is 2. The summed E-state index contributed by atoms with van der Waals surface area (Å²) < 4.78 is 0. The van der Waals surface area contributed by atoms with Crippen LogP contribution in [0.25, 0.3) is 0 Å². The fourth-order valence-corrected chi connectivity index (χ4v) is 1.64. The Morgan fingerprint density at radius 3 is 2.81 bits per heavy atom. The summed E-state index contributed by atoms with van der Waals surface area (Å²) in [5.41, 5.74) is 7.59. The van der Waals surface area contributed by atoms with E-state index >= 15 is 0 Å². The minimum Gasteiger partial charge on any atom is -0.389 e. The minimum absolute atomic E-state index is 0.425. The maximum atomic E-state index is 5.69. The second kappa shape index (κ2) is 5.80. The molecule has 3 nitrogen and oxygen atoms in total. The molecular weight excluding hydrogens is 218 g/mol. The Kier molecular flexibility index (Phi) is 4.68. The Hall–Kier alpha value is -1.16. The van der Waals surface area contributed by atoms with E-state index < -0.39 is 0 Å². The van der Waals surface area contributed by atoms with Crippen LogP contribution in [0.2, 0.25) is 0 Å². The first-order chi connectivity index (χ1) is 7.52. The minimum atomic E-state index is 0.425. The first-order valence-corrected chi connectivity index (χ1v) is 5.88. The molecule has 0 saturated heterocycles. The van der Waals surface area contributed by atoms with E-state index in [0.29, 0.717) is 10.9 Å². The molecule has 0 unspecified atom stereocenters. The smallest absolute Gasteiger partial charge is 0.106 e. The molecule has 4 heteroatoms. The average Bonchev–Trinajstić information content (AvgIpc) is 2.25. The highest BCUT2D eigenvalue weighted by atomic mass is 32.1. The van der Waals surface area contributed by atoms with Crippen molar-refractivity contribution < 1.29 is 0 Å². The highest BCUT2D eigenvalue weighted by Gasteiger charge is 2.09. The molecule has 0 fully saturated rings. The molecule has 0 aliphatic carbocycles. The zero-order valence-corrected chi connectivity index (χ0v) is 10.9. The molecule has 0 radical (unpaired) electrons. The molecule has 0 saturated carbocycles. The molecule has 0 spiro atoms. The van der Waals surface area contributed by atoms with Crippen molar-refractivity contribution in [3.8, 4) is 0 Å². The third-order valence-corrected chi connectivity index (χ3v) is 2.74. The van der Waals surface area contributed by atoms with Crippen LogP contribution in [0, 0.1) is 5.92 Å². The van der Waals surface area contributed by atoms with Crippen molar-refractivity contribution in [1.82, 2.24) is 4.98 Å². The van der Waals surface area contributed by atoms with Crippen LogP contribution in [0.15, 0.2) is 18.5 Å². The number of rotatable bonds is 5. The van der Waals surface area contributed by atoms with Gasteiger partial charge in [-0.15, -0.1) is 0 Å². The van der Waals surface area contributed by atoms with Crippen molar-refractivity contribution in [2.75, 3.05) is 18.5 Å². The van der Waals surface area contributed by atoms with E-state index in [0.717, 1.165) is 24.2 Å². The van der Waals surface area contributed by atoms with Crippen molar-refractivity contribution in [2.24, 2.45) is 11.7 Å². The maximum absolute atomic E-state index is 5.69. The average molecular weight is 237 g/mol. The highest BCUT2D eigenvalue weighted by Crippen LogP contribution is 2.18. The van der Waals surface area contributed by atoms with Crippen LogP contribution >= 0.6 is 12.2 Å². The molecule has 1 heterocycles. The fourth-order valence-electron chi connectivity index (χ4n) is 1.47. The van der Waals surface area contributed by atoms with Crippen LogP contribution in [0.3, 0.4) is 0 Å². The summed E-state index contributed by atoms with van der Waals surface area (Å²) in [6, 6.07) is 1.86. The molecule has 0 aromatic carbocycles. The van der Waals surface area contributed by atoms with Gasteiger partial charge < -0.3 is 10.6 Å².